The van der Waals surface area contributed by atoms with Crippen LogP contribution < -0.4 is 10.0 Å². The van der Waals surface area contributed by atoms with Crippen LogP contribution in [0.2, 0.25) is 0 Å². The molecule has 27 heavy (non-hydrogen) atoms. The van der Waals surface area contributed by atoms with E-state index in [1.807, 2.05) is 0 Å². The number of aromatic nitrogens is 1. The number of rotatable bonds is 5. The van der Waals surface area contributed by atoms with Crippen LogP contribution in [0.5, 0.6) is 0 Å². The van der Waals surface area contributed by atoms with Gasteiger partial charge in [-0.1, -0.05) is 12.7 Å². The number of fused-ring (bicyclic) bond motifs is 1. The van der Waals surface area contributed by atoms with Crippen LogP contribution >= 0.6 is 0 Å². The zero-order valence-corrected chi connectivity index (χ0v) is 15.4. The molecule has 140 valence electrons. The minimum absolute atomic E-state index is 0.0304. The van der Waals surface area contributed by atoms with Gasteiger partial charge in [0.15, 0.2) is 5.82 Å². The number of benzene rings is 1. The Morgan fingerprint density at radius 1 is 1.30 bits per heavy atom. The number of carbonyl (C=O) groups excluding carboxylic acids is 1. The molecule has 1 amide bonds. The molecule has 2 heterocycles. The molecule has 0 bridgehead atoms. The van der Waals surface area contributed by atoms with Gasteiger partial charge in [-0.3, -0.25) is 9.52 Å². The summed E-state index contributed by atoms with van der Waals surface area (Å²) in [5, 5.41) is 2.91. The first kappa shape index (κ1) is 18.6. The van der Waals surface area contributed by atoms with Gasteiger partial charge in [0.2, 0.25) is 15.7 Å². The monoisotopic (exact) mass is 389 g/mol. The van der Waals surface area contributed by atoms with Gasteiger partial charge in [0.25, 0.3) is 5.91 Å². The lowest BCUT2D eigenvalue weighted by Gasteiger charge is -2.06. The molecule has 0 aliphatic heterocycles. The summed E-state index contributed by atoms with van der Waals surface area (Å²) in [6.45, 7) is 3.65. The standard InChI is InChI=1S/C18H16FN3O4S/c1-4-10-9-13-14(17(23)20-2)15(11-5-7-12(19)8-6-11)26-18(13)21-16(10)22-27(3,24)25/h4-9H,1H2,2-3H3,(H,20,23)(H,21,22). The van der Waals surface area contributed by atoms with Crippen molar-refractivity contribution in [1.29, 1.82) is 0 Å². The highest BCUT2D eigenvalue weighted by molar-refractivity contribution is 7.92. The lowest BCUT2D eigenvalue weighted by atomic mass is 10.0. The van der Waals surface area contributed by atoms with Crippen LogP contribution in [0.4, 0.5) is 10.2 Å². The summed E-state index contributed by atoms with van der Waals surface area (Å²) in [6.07, 6.45) is 2.41. The molecule has 0 spiro atoms. The molecule has 2 aromatic heterocycles. The summed E-state index contributed by atoms with van der Waals surface area (Å²) in [5.41, 5.74) is 1.13. The number of nitrogens with zero attached hydrogens (tertiary/aromatic N) is 1. The van der Waals surface area contributed by atoms with Crippen LogP contribution in [0.25, 0.3) is 28.5 Å². The van der Waals surface area contributed by atoms with Crippen molar-refractivity contribution in [2.75, 3.05) is 18.0 Å². The molecule has 0 fully saturated rings. The summed E-state index contributed by atoms with van der Waals surface area (Å²) >= 11 is 0. The van der Waals surface area contributed by atoms with Gasteiger partial charge < -0.3 is 9.73 Å². The summed E-state index contributed by atoms with van der Waals surface area (Å²) in [7, 11) is -2.11. The van der Waals surface area contributed by atoms with Gasteiger partial charge >= 0.3 is 0 Å². The van der Waals surface area contributed by atoms with Crippen molar-refractivity contribution in [2.24, 2.45) is 0 Å². The number of furan rings is 1. The largest absolute Gasteiger partial charge is 0.437 e. The van der Waals surface area contributed by atoms with Crippen molar-refractivity contribution in [2.45, 2.75) is 0 Å². The third-order valence-corrected chi connectivity index (χ3v) is 4.34. The first-order valence-corrected chi connectivity index (χ1v) is 9.68. The van der Waals surface area contributed by atoms with Gasteiger partial charge in [0, 0.05) is 18.2 Å². The Morgan fingerprint density at radius 2 is 1.96 bits per heavy atom. The molecule has 1 aromatic carbocycles. The fourth-order valence-electron chi connectivity index (χ4n) is 2.61. The Kier molecular flexibility index (Phi) is 4.71. The van der Waals surface area contributed by atoms with Gasteiger partial charge in [-0.25, -0.2) is 12.8 Å². The van der Waals surface area contributed by atoms with E-state index in [0.29, 0.717) is 16.5 Å². The van der Waals surface area contributed by atoms with Gasteiger partial charge in [-0.15, -0.1) is 0 Å². The fraction of sp³-hybridized carbons (Fsp3) is 0.111. The van der Waals surface area contributed by atoms with E-state index in [2.05, 4.69) is 21.6 Å². The molecule has 0 aliphatic rings. The molecule has 0 atom stereocenters. The topological polar surface area (TPSA) is 101 Å². The highest BCUT2D eigenvalue weighted by Gasteiger charge is 2.24. The van der Waals surface area contributed by atoms with Gasteiger partial charge in [0.1, 0.15) is 11.6 Å². The number of sulfonamides is 1. The molecule has 0 saturated carbocycles. The summed E-state index contributed by atoms with van der Waals surface area (Å²) in [4.78, 5) is 16.6. The van der Waals surface area contributed by atoms with Crippen LogP contribution in [0.1, 0.15) is 15.9 Å². The zero-order chi connectivity index (χ0) is 19.8. The highest BCUT2D eigenvalue weighted by Crippen LogP contribution is 2.35. The second-order valence-corrected chi connectivity index (χ2v) is 7.50. The Hall–Kier alpha value is -3.20. The van der Waals surface area contributed by atoms with E-state index in [0.717, 1.165) is 6.26 Å². The Balaban J connectivity index is 2.31. The lowest BCUT2D eigenvalue weighted by Crippen LogP contribution is -2.18. The van der Waals surface area contributed by atoms with Crippen LogP contribution in [-0.4, -0.2) is 32.6 Å². The van der Waals surface area contributed by atoms with Crippen molar-refractivity contribution in [3.05, 3.63) is 53.9 Å². The third-order valence-electron chi connectivity index (χ3n) is 3.77. The fourth-order valence-corrected chi connectivity index (χ4v) is 3.12. The van der Waals surface area contributed by atoms with Gasteiger partial charge in [0.05, 0.1) is 17.2 Å². The maximum Gasteiger partial charge on any atom is 0.255 e. The van der Waals surface area contributed by atoms with Crippen LogP contribution in [0.3, 0.4) is 0 Å². The first-order chi connectivity index (χ1) is 12.7. The summed E-state index contributed by atoms with van der Waals surface area (Å²) in [5.74, 6) is -0.622. The van der Waals surface area contributed by atoms with Crippen molar-refractivity contribution in [3.63, 3.8) is 0 Å². The Bertz CT molecular complexity index is 1150. The predicted molar refractivity (Wildman–Crippen MR) is 101 cm³/mol. The molecule has 3 rings (SSSR count). The molecule has 0 radical (unpaired) electrons. The molecule has 0 aliphatic carbocycles. The molecule has 3 aromatic rings. The normalized spacial score (nSPS) is 11.4. The Morgan fingerprint density at radius 3 is 2.52 bits per heavy atom. The SMILES string of the molecule is C=Cc1cc2c(C(=O)NC)c(-c3ccc(F)cc3)oc2nc1NS(C)(=O)=O. The minimum atomic E-state index is -3.58. The number of carbonyl (C=O) groups is 1. The van der Waals surface area contributed by atoms with Gasteiger partial charge in [-0.05, 0) is 30.3 Å². The second-order valence-electron chi connectivity index (χ2n) is 5.75. The van der Waals surface area contributed by atoms with Crippen molar-refractivity contribution in [1.82, 2.24) is 10.3 Å². The minimum Gasteiger partial charge on any atom is -0.437 e. The summed E-state index contributed by atoms with van der Waals surface area (Å²) < 4.78 is 44.4. The highest BCUT2D eigenvalue weighted by atomic mass is 32.2. The van der Waals surface area contributed by atoms with E-state index in [4.69, 9.17) is 4.42 Å². The van der Waals surface area contributed by atoms with E-state index >= 15 is 0 Å². The molecule has 9 heteroatoms. The Labute approximate surface area is 155 Å². The molecule has 7 nitrogen and oxygen atoms in total. The smallest absolute Gasteiger partial charge is 0.255 e. The lowest BCUT2D eigenvalue weighted by molar-refractivity contribution is 0.0964. The molecular formula is C18H16FN3O4S. The van der Waals surface area contributed by atoms with Crippen LogP contribution in [0.15, 0.2) is 41.3 Å². The predicted octanol–water partition coefficient (Wildman–Crippen LogP) is 3.01. The van der Waals surface area contributed by atoms with E-state index < -0.39 is 21.7 Å². The maximum atomic E-state index is 13.2. The number of amides is 1. The molecular weight excluding hydrogens is 373 g/mol. The quantitative estimate of drug-likeness (QED) is 0.699. The van der Waals surface area contributed by atoms with Crippen molar-refractivity contribution < 1.29 is 22.0 Å². The first-order valence-electron chi connectivity index (χ1n) is 7.79. The number of hydrogen-bond donors (Lipinski definition) is 2. The third kappa shape index (κ3) is 3.68. The van der Waals surface area contributed by atoms with Crippen molar-refractivity contribution in [3.8, 4) is 11.3 Å². The van der Waals surface area contributed by atoms with E-state index in [-0.39, 0.29) is 22.9 Å². The van der Waals surface area contributed by atoms with E-state index in [1.54, 1.807) is 6.07 Å². The molecule has 2 N–H and O–H groups in total. The number of nitrogens with one attached hydrogen (secondary N) is 2. The molecule has 0 unspecified atom stereocenters. The summed E-state index contributed by atoms with van der Waals surface area (Å²) in [6, 6.07) is 7.00. The maximum absolute atomic E-state index is 13.2. The number of anilines is 1. The molecule has 0 saturated heterocycles. The number of hydrogen-bond acceptors (Lipinski definition) is 5. The second kappa shape index (κ2) is 6.84. The van der Waals surface area contributed by atoms with Crippen LogP contribution in [0, 0.1) is 5.82 Å². The zero-order valence-electron chi connectivity index (χ0n) is 14.5. The number of halogens is 1. The van der Waals surface area contributed by atoms with Gasteiger partial charge in [-0.2, -0.15) is 4.98 Å². The van der Waals surface area contributed by atoms with E-state index in [9.17, 15) is 17.6 Å². The average molecular weight is 389 g/mol. The van der Waals surface area contributed by atoms with Crippen LogP contribution in [-0.2, 0) is 10.0 Å². The van der Waals surface area contributed by atoms with Crippen molar-refractivity contribution >= 4 is 38.9 Å². The average Bonchev–Trinajstić information content (AvgIpc) is 2.97. The van der Waals surface area contributed by atoms with E-state index in [1.165, 1.54) is 37.4 Å². The number of pyridine rings is 1.